The van der Waals surface area contributed by atoms with Crippen molar-refractivity contribution < 1.29 is 0 Å². The summed E-state index contributed by atoms with van der Waals surface area (Å²) < 4.78 is 4.63. The highest BCUT2D eigenvalue weighted by molar-refractivity contribution is 6.23. The van der Waals surface area contributed by atoms with E-state index in [1.54, 1.807) is 0 Å². The molecule has 0 aliphatic rings. The van der Waals surface area contributed by atoms with E-state index in [2.05, 4.69) is 185 Å². The second kappa shape index (κ2) is 16.3. The summed E-state index contributed by atoms with van der Waals surface area (Å²) in [5.74, 6) is 2.38. The van der Waals surface area contributed by atoms with Gasteiger partial charge in [-0.15, -0.1) is 0 Å². The number of aromatic nitrogens is 7. The van der Waals surface area contributed by atoms with Gasteiger partial charge in [0.25, 0.3) is 0 Å². The van der Waals surface area contributed by atoms with E-state index in [-0.39, 0.29) is 0 Å². The standard InChI is InChI=1S/C61H39N7/c1-5-19-40(20-6-1)46-27-13-14-30-51(46)60-64-59(43-25-11-4-12-26-43)65-61(66-60)68-55-32-18-16-29-48(55)50-38-37-49-47-28-15-17-31-54(47)67(56(49)57(50)68)45-35-33-44(34-36-45)58-62-52(41-21-7-2-8-22-41)39-53(63-58)42-23-9-3-10-24-42/h1-39H. The Balaban J connectivity index is 1.05. The SMILES string of the molecule is c1ccc(-c2cc(-c3ccccc3)nc(-c3ccc(-n4c5ccccc5c5ccc6c7ccccc7n(-c7nc(-c8ccccc8)nc(-c8ccccc8-c8ccccc8)n7)c6c54)cc3)n2)cc1. The monoisotopic (exact) mass is 869 g/mol. The molecule has 0 bridgehead atoms. The van der Waals surface area contributed by atoms with Crippen LogP contribution in [0.25, 0.3) is 123 Å². The Morgan fingerprint density at radius 2 is 0.691 bits per heavy atom. The summed E-state index contributed by atoms with van der Waals surface area (Å²) >= 11 is 0. The van der Waals surface area contributed by atoms with Gasteiger partial charge in [-0.25, -0.2) is 15.0 Å². The number of para-hydroxylation sites is 2. The number of hydrogen-bond acceptors (Lipinski definition) is 5. The molecule has 7 nitrogen and oxygen atoms in total. The summed E-state index contributed by atoms with van der Waals surface area (Å²) in [4.78, 5) is 26.3. The van der Waals surface area contributed by atoms with Crippen LogP contribution in [-0.2, 0) is 0 Å². The minimum Gasteiger partial charge on any atom is -0.307 e. The van der Waals surface area contributed by atoms with Gasteiger partial charge in [-0.2, -0.15) is 9.97 Å². The molecule has 0 N–H and O–H groups in total. The first-order valence-corrected chi connectivity index (χ1v) is 22.8. The average Bonchev–Trinajstić information content (AvgIpc) is 3.95. The van der Waals surface area contributed by atoms with Crippen molar-refractivity contribution in [2.75, 3.05) is 0 Å². The normalized spacial score (nSPS) is 11.5. The highest BCUT2D eigenvalue weighted by atomic mass is 15.2. The Morgan fingerprint density at radius 1 is 0.265 bits per heavy atom. The molecule has 0 saturated carbocycles. The molecule has 13 rings (SSSR count). The molecule has 0 radical (unpaired) electrons. The third-order valence-electron chi connectivity index (χ3n) is 12.8. The summed E-state index contributed by atoms with van der Waals surface area (Å²) in [5, 5.41) is 4.48. The Hall–Kier alpha value is -9.33. The minimum absolute atomic E-state index is 0.534. The first-order valence-electron chi connectivity index (χ1n) is 22.8. The maximum absolute atomic E-state index is 5.44. The van der Waals surface area contributed by atoms with Crippen molar-refractivity contribution in [1.29, 1.82) is 0 Å². The van der Waals surface area contributed by atoms with Gasteiger partial charge >= 0.3 is 0 Å². The lowest BCUT2D eigenvalue weighted by atomic mass is 9.99. The van der Waals surface area contributed by atoms with E-state index in [1.807, 2.05) is 60.7 Å². The molecule has 13 aromatic rings. The van der Waals surface area contributed by atoms with Crippen LogP contribution in [0.15, 0.2) is 237 Å². The maximum atomic E-state index is 5.44. The number of hydrogen-bond donors (Lipinski definition) is 0. The van der Waals surface area contributed by atoms with Gasteiger partial charge in [0.05, 0.1) is 33.5 Å². The zero-order chi connectivity index (χ0) is 45.0. The molecule has 318 valence electrons. The fourth-order valence-corrected chi connectivity index (χ4v) is 9.68. The van der Waals surface area contributed by atoms with E-state index in [4.69, 9.17) is 24.9 Å². The molecule has 0 amide bonds. The van der Waals surface area contributed by atoms with Gasteiger partial charge in [-0.1, -0.05) is 194 Å². The average molecular weight is 870 g/mol. The van der Waals surface area contributed by atoms with Gasteiger partial charge in [0.1, 0.15) is 0 Å². The largest absolute Gasteiger partial charge is 0.307 e. The Morgan fingerprint density at radius 3 is 1.28 bits per heavy atom. The Bertz CT molecular complexity index is 3940. The fourth-order valence-electron chi connectivity index (χ4n) is 9.68. The topological polar surface area (TPSA) is 74.3 Å². The molecule has 0 aliphatic carbocycles. The van der Waals surface area contributed by atoms with Crippen molar-refractivity contribution in [2.45, 2.75) is 0 Å². The van der Waals surface area contributed by atoms with Crippen molar-refractivity contribution in [3.63, 3.8) is 0 Å². The number of nitrogens with zero attached hydrogens (tertiary/aromatic N) is 7. The summed E-state index contributed by atoms with van der Waals surface area (Å²) in [7, 11) is 0. The van der Waals surface area contributed by atoms with Crippen molar-refractivity contribution in [2.24, 2.45) is 0 Å². The molecule has 0 aliphatic heterocycles. The number of benzene rings is 9. The van der Waals surface area contributed by atoms with Crippen molar-refractivity contribution in [1.82, 2.24) is 34.1 Å². The molecule has 0 saturated heterocycles. The second-order valence-corrected chi connectivity index (χ2v) is 16.9. The van der Waals surface area contributed by atoms with E-state index >= 15 is 0 Å². The van der Waals surface area contributed by atoms with Gasteiger partial charge < -0.3 is 4.57 Å². The van der Waals surface area contributed by atoms with Crippen LogP contribution in [0.3, 0.4) is 0 Å². The molecule has 0 spiro atoms. The lowest BCUT2D eigenvalue weighted by Gasteiger charge is -2.15. The van der Waals surface area contributed by atoms with Crippen LogP contribution in [-0.4, -0.2) is 34.1 Å². The minimum atomic E-state index is 0.534. The van der Waals surface area contributed by atoms with Gasteiger partial charge in [-0.05, 0) is 53.6 Å². The summed E-state index contributed by atoms with van der Waals surface area (Å²) in [6.07, 6.45) is 0. The van der Waals surface area contributed by atoms with Crippen LogP contribution in [0, 0.1) is 0 Å². The molecule has 0 atom stereocenters. The summed E-state index contributed by atoms with van der Waals surface area (Å²) in [6.45, 7) is 0. The highest BCUT2D eigenvalue weighted by Gasteiger charge is 2.24. The van der Waals surface area contributed by atoms with Gasteiger partial charge in [-0.3, -0.25) is 4.57 Å². The number of rotatable bonds is 8. The molecule has 68 heavy (non-hydrogen) atoms. The zero-order valence-corrected chi connectivity index (χ0v) is 36.6. The predicted octanol–water partition coefficient (Wildman–Crippen LogP) is 14.9. The maximum Gasteiger partial charge on any atom is 0.238 e. The molecule has 0 fully saturated rings. The molecular weight excluding hydrogens is 831 g/mol. The third kappa shape index (κ3) is 6.64. The van der Waals surface area contributed by atoms with E-state index in [1.165, 1.54) is 0 Å². The molecule has 7 heteroatoms. The van der Waals surface area contributed by atoms with Crippen molar-refractivity contribution >= 4 is 43.6 Å². The smallest absolute Gasteiger partial charge is 0.238 e. The lowest BCUT2D eigenvalue weighted by Crippen LogP contribution is -2.07. The van der Waals surface area contributed by atoms with Crippen molar-refractivity contribution in [3.8, 4) is 79.4 Å². The molecule has 4 heterocycles. The quantitative estimate of drug-likeness (QED) is 0.152. The van der Waals surface area contributed by atoms with E-state index < -0.39 is 0 Å². The summed E-state index contributed by atoms with van der Waals surface area (Å²) in [6, 6.07) is 82.0. The molecule has 9 aromatic carbocycles. The second-order valence-electron chi connectivity index (χ2n) is 16.9. The first kappa shape index (κ1) is 39.1. The molecule has 4 aromatic heterocycles. The Kier molecular flexibility index (Phi) is 9.35. The Labute approximate surface area is 392 Å². The lowest BCUT2D eigenvalue weighted by molar-refractivity contribution is 0.953. The van der Waals surface area contributed by atoms with Crippen LogP contribution in [0.2, 0.25) is 0 Å². The van der Waals surface area contributed by atoms with E-state index in [0.717, 1.165) is 99.6 Å². The first-order chi connectivity index (χ1) is 33.7. The van der Waals surface area contributed by atoms with Crippen molar-refractivity contribution in [3.05, 3.63) is 237 Å². The zero-order valence-electron chi connectivity index (χ0n) is 36.6. The molecule has 0 unspecified atom stereocenters. The van der Waals surface area contributed by atoms with Crippen LogP contribution in [0.4, 0.5) is 0 Å². The van der Waals surface area contributed by atoms with E-state index in [0.29, 0.717) is 23.4 Å². The third-order valence-corrected chi connectivity index (χ3v) is 12.8. The van der Waals surface area contributed by atoms with Crippen LogP contribution in [0.1, 0.15) is 0 Å². The van der Waals surface area contributed by atoms with E-state index in [9.17, 15) is 0 Å². The van der Waals surface area contributed by atoms with Crippen LogP contribution >= 0.6 is 0 Å². The van der Waals surface area contributed by atoms with Gasteiger partial charge in [0, 0.05) is 55.0 Å². The number of fused-ring (bicyclic) bond motifs is 7. The predicted molar refractivity (Wildman–Crippen MR) is 277 cm³/mol. The van der Waals surface area contributed by atoms with Gasteiger partial charge in [0.2, 0.25) is 5.95 Å². The molecular formula is C61H39N7. The van der Waals surface area contributed by atoms with Crippen LogP contribution in [0.5, 0.6) is 0 Å². The van der Waals surface area contributed by atoms with Crippen LogP contribution < -0.4 is 0 Å². The fraction of sp³-hybridized carbons (Fsp3) is 0. The summed E-state index contributed by atoms with van der Waals surface area (Å²) in [5.41, 5.74) is 13.9. The highest BCUT2D eigenvalue weighted by Crippen LogP contribution is 2.42. The van der Waals surface area contributed by atoms with Gasteiger partial charge in [0.15, 0.2) is 17.5 Å².